The summed E-state index contributed by atoms with van der Waals surface area (Å²) in [4.78, 5) is 44.2. The van der Waals surface area contributed by atoms with E-state index in [1.165, 1.54) is 35.0 Å². The molecule has 2 amide bonds. The number of fused-ring (bicyclic) bond motifs is 1. The van der Waals surface area contributed by atoms with Crippen LogP contribution >= 0.6 is 12.2 Å². The first-order chi connectivity index (χ1) is 14.5. The Kier molecular flexibility index (Phi) is 5.19. The third-order valence-electron chi connectivity index (χ3n) is 4.36. The van der Waals surface area contributed by atoms with Crippen LogP contribution in [0, 0.1) is 4.77 Å². The maximum atomic E-state index is 12.9. The molecule has 0 atom stereocenters. The molecule has 0 aliphatic rings. The molecule has 3 N–H and O–H groups in total. The lowest BCUT2D eigenvalue weighted by molar-refractivity contribution is 0.0844. The monoisotopic (exact) mass is 417 g/mol. The molecule has 2 heterocycles. The van der Waals surface area contributed by atoms with Crippen LogP contribution in [0.5, 0.6) is 0 Å². The topological polar surface area (TPSA) is 109 Å². The number of para-hydroxylation sites is 1. The Balaban J connectivity index is 1.61. The molecule has 8 nitrogen and oxygen atoms in total. The van der Waals surface area contributed by atoms with Crippen LogP contribution in [-0.4, -0.2) is 26.3 Å². The number of hydrogen-bond donors (Lipinski definition) is 3. The van der Waals surface area contributed by atoms with Gasteiger partial charge >= 0.3 is 0 Å². The first kappa shape index (κ1) is 19.2. The lowest BCUT2D eigenvalue weighted by atomic mass is 10.1. The van der Waals surface area contributed by atoms with Gasteiger partial charge in [0, 0.05) is 11.8 Å². The van der Waals surface area contributed by atoms with Crippen molar-refractivity contribution in [1.82, 2.24) is 25.4 Å². The van der Waals surface area contributed by atoms with Crippen LogP contribution in [0.25, 0.3) is 16.6 Å². The minimum absolute atomic E-state index is 0.168. The van der Waals surface area contributed by atoms with Gasteiger partial charge in [0.2, 0.25) is 0 Å². The summed E-state index contributed by atoms with van der Waals surface area (Å²) in [5.74, 6) is -1.09. The van der Waals surface area contributed by atoms with Crippen molar-refractivity contribution < 1.29 is 9.59 Å². The molecular formula is C21H15N5O3S. The third kappa shape index (κ3) is 3.74. The molecule has 0 unspecified atom stereocenters. The Hall–Kier alpha value is -4.11. The second-order valence-corrected chi connectivity index (χ2v) is 6.68. The quantitative estimate of drug-likeness (QED) is 0.351. The van der Waals surface area contributed by atoms with Crippen LogP contribution in [0.3, 0.4) is 0 Å². The van der Waals surface area contributed by atoms with E-state index in [-0.39, 0.29) is 21.6 Å². The zero-order valence-electron chi connectivity index (χ0n) is 15.5. The standard InChI is InChI=1S/C21H15N5O3S/c27-18(24-25-19(28)16-8-4-5-11-22-16)13-9-10-15-17(12-13)23-21(30)26(20(15)29)14-6-2-1-3-7-14/h1-12H,(H,23,30)(H,24,27)(H,25,28). The van der Waals surface area contributed by atoms with Crippen molar-refractivity contribution in [2.45, 2.75) is 0 Å². The Morgan fingerprint density at radius 2 is 1.67 bits per heavy atom. The Morgan fingerprint density at radius 1 is 0.933 bits per heavy atom. The summed E-state index contributed by atoms with van der Waals surface area (Å²) in [6.45, 7) is 0. The van der Waals surface area contributed by atoms with Crippen LogP contribution in [0.4, 0.5) is 0 Å². The SMILES string of the molecule is O=C(NNC(=O)c1ccccn1)c1ccc2c(=O)n(-c3ccccc3)c(=S)[nH]c2c1. The molecule has 0 aliphatic heterocycles. The van der Waals surface area contributed by atoms with Gasteiger partial charge in [-0.2, -0.15) is 0 Å². The fourth-order valence-corrected chi connectivity index (χ4v) is 3.22. The van der Waals surface area contributed by atoms with Crippen molar-refractivity contribution in [1.29, 1.82) is 0 Å². The fraction of sp³-hybridized carbons (Fsp3) is 0. The van der Waals surface area contributed by atoms with Gasteiger partial charge < -0.3 is 4.98 Å². The Morgan fingerprint density at radius 3 is 2.40 bits per heavy atom. The van der Waals surface area contributed by atoms with E-state index in [1.807, 2.05) is 18.2 Å². The number of hydrazine groups is 1. The molecule has 0 radical (unpaired) electrons. The van der Waals surface area contributed by atoms with Gasteiger partial charge in [0.1, 0.15) is 5.69 Å². The summed E-state index contributed by atoms with van der Waals surface area (Å²) < 4.78 is 1.60. The summed E-state index contributed by atoms with van der Waals surface area (Å²) in [5.41, 5.74) is 5.80. The van der Waals surface area contributed by atoms with Crippen LogP contribution in [0.1, 0.15) is 20.8 Å². The summed E-state index contributed by atoms with van der Waals surface area (Å²) >= 11 is 5.34. The van der Waals surface area contributed by atoms with E-state index in [4.69, 9.17) is 12.2 Å². The normalized spacial score (nSPS) is 10.5. The number of amides is 2. The van der Waals surface area contributed by atoms with Gasteiger partial charge in [0.05, 0.1) is 16.6 Å². The summed E-state index contributed by atoms with van der Waals surface area (Å²) in [7, 11) is 0. The number of nitrogens with zero attached hydrogens (tertiary/aromatic N) is 2. The van der Waals surface area contributed by atoms with Gasteiger partial charge in [0.25, 0.3) is 17.4 Å². The van der Waals surface area contributed by atoms with Gasteiger partial charge in [-0.25, -0.2) is 0 Å². The number of H-pyrrole nitrogens is 1. The predicted octanol–water partition coefficient (Wildman–Crippen LogP) is 2.52. The zero-order valence-corrected chi connectivity index (χ0v) is 16.3. The summed E-state index contributed by atoms with van der Waals surface area (Å²) in [6.07, 6.45) is 1.48. The molecular weight excluding hydrogens is 402 g/mol. The fourth-order valence-electron chi connectivity index (χ4n) is 2.92. The molecule has 2 aromatic heterocycles. The minimum atomic E-state index is -0.548. The van der Waals surface area contributed by atoms with Crippen molar-refractivity contribution >= 4 is 34.9 Å². The number of aromatic nitrogens is 3. The average molecular weight is 417 g/mol. The van der Waals surface area contributed by atoms with Crippen LogP contribution in [0.15, 0.2) is 77.7 Å². The number of benzene rings is 2. The van der Waals surface area contributed by atoms with E-state index >= 15 is 0 Å². The van der Waals surface area contributed by atoms with Crippen LogP contribution in [-0.2, 0) is 0 Å². The smallest absolute Gasteiger partial charge is 0.288 e. The minimum Gasteiger partial charge on any atom is -0.331 e. The van der Waals surface area contributed by atoms with Crippen molar-refractivity contribution in [2.75, 3.05) is 0 Å². The molecule has 0 saturated heterocycles. The van der Waals surface area contributed by atoms with E-state index in [0.717, 1.165) is 0 Å². The lowest BCUT2D eigenvalue weighted by Crippen LogP contribution is -2.41. The molecule has 0 spiro atoms. The molecule has 9 heteroatoms. The number of hydrogen-bond acceptors (Lipinski definition) is 5. The summed E-state index contributed by atoms with van der Waals surface area (Å²) in [6, 6.07) is 18.4. The third-order valence-corrected chi connectivity index (χ3v) is 4.65. The molecule has 0 aliphatic carbocycles. The highest BCUT2D eigenvalue weighted by Crippen LogP contribution is 2.13. The number of carbonyl (C=O) groups excluding carboxylic acids is 2. The van der Waals surface area contributed by atoms with Gasteiger partial charge in [-0.15, -0.1) is 0 Å². The molecule has 148 valence electrons. The first-order valence-electron chi connectivity index (χ1n) is 8.91. The predicted molar refractivity (Wildman–Crippen MR) is 114 cm³/mol. The van der Waals surface area contributed by atoms with Gasteiger partial charge in [0.15, 0.2) is 4.77 Å². The van der Waals surface area contributed by atoms with E-state index in [2.05, 4.69) is 20.8 Å². The number of carbonyl (C=O) groups is 2. The van der Waals surface area contributed by atoms with Crippen LogP contribution < -0.4 is 16.4 Å². The maximum absolute atomic E-state index is 12.9. The largest absolute Gasteiger partial charge is 0.331 e. The Labute approximate surface area is 175 Å². The van der Waals surface area contributed by atoms with Crippen LogP contribution in [0.2, 0.25) is 0 Å². The van der Waals surface area contributed by atoms with Gasteiger partial charge in [-0.05, 0) is 54.7 Å². The highest BCUT2D eigenvalue weighted by molar-refractivity contribution is 7.71. The van der Waals surface area contributed by atoms with E-state index in [0.29, 0.717) is 16.6 Å². The first-order valence-corrected chi connectivity index (χ1v) is 9.31. The van der Waals surface area contributed by atoms with E-state index < -0.39 is 11.8 Å². The highest BCUT2D eigenvalue weighted by Gasteiger charge is 2.13. The number of rotatable bonds is 3. The average Bonchev–Trinajstić information content (AvgIpc) is 2.78. The highest BCUT2D eigenvalue weighted by atomic mass is 32.1. The molecule has 4 rings (SSSR count). The maximum Gasteiger partial charge on any atom is 0.288 e. The molecule has 4 aromatic rings. The second kappa shape index (κ2) is 8.10. The molecule has 0 bridgehead atoms. The van der Waals surface area contributed by atoms with Crippen molar-refractivity contribution in [3.05, 3.63) is 99.3 Å². The van der Waals surface area contributed by atoms with Gasteiger partial charge in [-0.3, -0.25) is 34.8 Å². The zero-order chi connectivity index (χ0) is 21.1. The summed E-state index contributed by atoms with van der Waals surface area (Å²) in [5, 5.41) is 0.376. The second-order valence-electron chi connectivity index (χ2n) is 6.29. The molecule has 0 fully saturated rings. The van der Waals surface area contributed by atoms with Gasteiger partial charge in [-0.1, -0.05) is 24.3 Å². The molecule has 2 aromatic carbocycles. The Bertz CT molecular complexity index is 1360. The van der Waals surface area contributed by atoms with Crippen molar-refractivity contribution in [3.63, 3.8) is 0 Å². The number of pyridine rings is 1. The molecule has 0 saturated carbocycles. The number of nitrogens with one attached hydrogen (secondary N) is 3. The van der Waals surface area contributed by atoms with Crippen molar-refractivity contribution in [2.24, 2.45) is 0 Å². The number of aromatic amines is 1. The van der Waals surface area contributed by atoms with E-state index in [1.54, 1.807) is 24.3 Å². The van der Waals surface area contributed by atoms with Crippen molar-refractivity contribution in [3.8, 4) is 5.69 Å². The lowest BCUT2D eigenvalue weighted by Gasteiger charge is -2.10. The van der Waals surface area contributed by atoms with E-state index in [9.17, 15) is 14.4 Å². The molecule has 30 heavy (non-hydrogen) atoms.